The summed E-state index contributed by atoms with van der Waals surface area (Å²) in [5.41, 5.74) is 0.974. The molecule has 25 heavy (non-hydrogen) atoms. The second-order valence-corrected chi connectivity index (χ2v) is 5.48. The van der Waals surface area contributed by atoms with Gasteiger partial charge in [-0.2, -0.15) is 0 Å². The normalized spacial score (nSPS) is 20.3. The smallest absolute Gasteiger partial charge is 0.222 e. The zero-order valence-corrected chi connectivity index (χ0v) is 13.6. The van der Waals surface area contributed by atoms with Gasteiger partial charge in [0.1, 0.15) is 0 Å². The third kappa shape index (κ3) is 4.47. The molecule has 0 spiro atoms. The molecule has 4 nitrogen and oxygen atoms in total. The van der Waals surface area contributed by atoms with Crippen LogP contribution in [0.3, 0.4) is 0 Å². The highest BCUT2D eigenvalue weighted by molar-refractivity contribution is 5.55. The number of hydrogen-bond acceptors (Lipinski definition) is 4. The first-order chi connectivity index (χ1) is 12.2. The molecule has 0 radical (unpaired) electrons. The summed E-state index contributed by atoms with van der Waals surface area (Å²) >= 11 is 0. The second kappa shape index (κ2) is 7.97. The molecule has 0 unspecified atom stereocenters. The molecule has 1 aromatic heterocycles. The van der Waals surface area contributed by atoms with Gasteiger partial charge in [0, 0.05) is 23.9 Å². The van der Waals surface area contributed by atoms with E-state index in [1.54, 1.807) is 0 Å². The lowest BCUT2D eigenvalue weighted by molar-refractivity contribution is -0.160. The molecule has 0 aliphatic carbocycles. The molecule has 3 rings (SSSR count). The molecular weight excluding hydrogens is 326 g/mol. The molecule has 1 aromatic carbocycles. The summed E-state index contributed by atoms with van der Waals surface area (Å²) in [5, 5.41) is 0. The monoisotopic (exact) mass is 342 g/mol. The fourth-order valence-electron chi connectivity index (χ4n) is 2.30. The van der Waals surface area contributed by atoms with Gasteiger partial charge in [0.25, 0.3) is 0 Å². The van der Waals surface area contributed by atoms with Crippen LogP contribution in [0.1, 0.15) is 12.5 Å². The largest absolute Gasteiger partial charge is 0.341 e. The van der Waals surface area contributed by atoms with Crippen LogP contribution in [0.25, 0.3) is 11.4 Å². The SMILES string of the molecule is CC=CC1COC(C#Cc2cnc(-c3ccc(F)c(F)c3)nc2)OC1. The van der Waals surface area contributed by atoms with E-state index in [9.17, 15) is 8.78 Å². The molecule has 1 aliphatic heterocycles. The van der Waals surface area contributed by atoms with Crippen molar-refractivity contribution in [2.24, 2.45) is 5.92 Å². The Morgan fingerprint density at radius 2 is 1.84 bits per heavy atom. The molecular formula is C19H16F2N2O2. The van der Waals surface area contributed by atoms with Gasteiger partial charge in [-0.25, -0.2) is 18.7 Å². The zero-order chi connectivity index (χ0) is 17.6. The second-order valence-electron chi connectivity index (χ2n) is 5.48. The number of benzene rings is 1. The summed E-state index contributed by atoms with van der Waals surface area (Å²) in [6.07, 6.45) is 6.46. The molecule has 1 saturated heterocycles. The average Bonchev–Trinajstić information content (AvgIpc) is 2.64. The Morgan fingerprint density at radius 1 is 1.12 bits per heavy atom. The maximum absolute atomic E-state index is 13.3. The minimum atomic E-state index is -0.937. The minimum Gasteiger partial charge on any atom is -0.341 e. The van der Waals surface area contributed by atoms with Crippen molar-refractivity contribution >= 4 is 0 Å². The van der Waals surface area contributed by atoms with E-state index in [-0.39, 0.29) is 5.92 Å². The maximum atomic E-state index is 13.3. The van der Waals surface area contributed by atoms with Gasteiger partial charge < -0.3 is 9.47 Å². The number of nitrogens with zero attached hydrogens (tertiary/aromatic N) is 2. The van der Waals surface area contributed by atoms with E-state index < -0.39 is 17.9 Å². The fraction of sp³-hybridized carbons (Fsp3) is 0.263. The van der Waals surface area contributed by atoms with Crippen LogP contribution in [0.15, 0.2) is 42.7 Å². The summed E-state index contributed by atoms with van der Waals surface area (Å²) in [6, 6.07) is 3.52. The average molecular weight is 342 g/mol. The Kier molecular flexibility index (Phi) is 5.49. The van der Waals surface area contributed by atoms with Gasteiger partial charge >= 0.3 is 0 Å². The van der Waals surface area contributed by atoms with Gasteiger partial charge in [0.05, 0.1) is 18.8 Å². The highest BCUT2D eigenvalue weighted by Crippen LogP contribution is 2.17. The van der Waals surface area contributed by atoms with Crippen LogP contribution in [-0.4, -0.2) is 29.5 Å². The van der Waals surface area contributed by atoms with Crippen molar-refractivity contribution in [2.45, 2.75) is 13.2 Å². The van der Waals surface area contributed by atoms with E-state index in [1.165, 1.54) is 18.5 Å². The van der Waals surface area contributed by atoms with Crippen LogP contribution in [0.5, 0.6) is 0 Å². The quantitative estimate of drug-likeness (QED) is 0.620. The lowest BCUT2D eigenvalue weighted by Crippen LogP contribution is -2.30. The number of allylic oxidation sites excluding steroid dienone is 1. The molecule has 0 saturated carbocycles. The highest BCUT2D eigenvalue weighted by atomic mass is 19.2. The topological polar surface area (TPSA) is 44.2 Å². The first-order valence-electron chi connectivity index (χ1n) is 7.80. The van der Waals surface area contributed by atoms with Gasteiger partial charge in [-0.15, -0.1) is 0 Å². The van der Waals surface area contributed by atoms with Crippen LogP contribution >= 0.6 is 0 Å². The molecule has 0 amide bonds. The van der Waals surface area contributed by atoms with Crippen molar-refractivity contribution in [1.29, 1.82) is 0 Å². The van der Waals surface area contributed by atoms with E-state index in [1.807, 2.05) is 19.1 Å². The number of halogens is 2. The fourth-order valence-corrected chi connectivity index (χ4v) is 2.30. The molecule has 0 bridgehead atoms. The number of hydrogen-bond donors (Lipinski definition) is 0. The van der Waals surface area contributed by atoms with Crippen molar-refractivity contribution in [3.63, 3.8) is 0 Å². The van der Waals surface area contributed by atoms with Gasteiger partial charge in [0.2, 0.25) is 6.29 Å². The van der Waals surface area contributed by atoms with Crippen molar-refractivity contribution in [1.82, 2.24) is 9.97 Å². The number of ether oxygens (including phenoxy) is 2. The summed E-state index contributed by atoms with van der Waals surface area (Å²) in [5.74, 6) is 4.45. The summed E-state index contributed by atoms with van der Waals surface area (Å²) in [4.78, 5) is 8.25. The van der Waals surface area contributed by atoms with Crippen LogP contribution in [0.2, 0.25) is 0 Å². The standard InChI is InChI=1S/C19H16F2N2O2/c1-2-3-14-11-24-18(25-12-14)7-4-13-9-22-19(23-10-13)15-5-6-16(20)17(21)8-15/h2-3,5-6,8-10,14,18H,11-12H2,1H3. The molecule has 2 aromatic rings. The lowest BCUT2D eigenvalue weighted by Gasteiger charge is -2.24. The molecule has 1 aliphatic rings. The predicted molar refractivity (Wildman–Crippen MR) is 88.3 cm³/mol. The molecule has 0 N–H and O–H groups in total. The molecule has 128 valence electrons. The molecule has 1 fully saturated rings. The Morgan fingerprint density at radius 3 is 2.48 bits per heavy atom. The van der Waals surface area contributed by atoms with Gasteiger partial charge in [-0.05, 0) is 31.0 Å². The first-order valence-corrected chi connectivity index (χ1v) is 7.80. The summed E-state index contributed by atoms with van der Waals surface area (Å²) in [7, 11) is 0. The van der Waals surface area contributed by atoms with E-state index in [0.29, 0.717) is 30.2 Å². The Hall–Kier alpha value is -2.62. The van der Waals surface area contributed by atoms with Crippen molar-refractivity contribution in [3.8, 4) is 23.2 Å². The Balaban J connectivity index is 1.65. The van der Waals surface area contributed by atoms with Crippen LogP contribution in [0, 0.1) is 29.4 Å². The summed E-state index contributed by atoms with van der Waals surface area (Å²) in [6.45, 7) is 3.08. The first kappa shape index (κ1) is 17.2. The third-order valence-corrected chi connectivity index (χ3v) is 3.55. The van der Waals surface area contributed by atoms with Crippen molar-refractivity contribution in [2.75, 3.05) is 13.2 Å². The van der Waals surface area contributed by atoms with Gasteiger partial charge in [-0.3, -0.25) is 0 Å². The molecule has 6 heteroatoms. The van der Waals surface area contributed by atoms with Crippen LogP contribution in [0.4, 0.5) is 8.78 Å². The zero-order valence-electron chi connectivity index (χ0n) is 13.6. The Bertz CT molecular complexity index is 818. The van der Waals surface area contributed by atoms with Gasteiger partial charge in [-0.1, -0.05) is 18.1 Å². The Labute approximate surface area is 144 Å². The van der Waals surface area contributed by atoms with Gasteiger partial charge in [0.15, 0.2) is 17.5 Å². The minimum absolute atomic E-state index is 0.252. The molecule has 0 atom stereocenters. The molecule has 2 heterocycles. The predicted octanol–water partition coefficient (Wildman–Crippen LogP) is 3.34. The lowest BCUT2D eigenvalue weighted by atomic mass is 10.1. The van der Waals surface area contributed by atoms with Crippen molar-refractivity contribution in [3.05, 3.63) is 59.9 Å². The highest BCUT2D eigenvalue weighted by Gasteiger charge is 2.18. The number of aromatic nitrogens is 2. The van der Waals surface area contributed by atoms with E-state index in [0.717, 1.165) is 12.1 Å². The van der Waals surface area contributed by atoms with E-state index >= 15 is 0 Å². The maximum Gasteiger partial charge on any atom is 0.222 e. The third-order valence-electron chi connectivity index (χ3n) is 3.55. The van der Waals surface area contributed by atoms with E-state index in [2.05, 4.69) is 21.8 Å². The van der Waals surface area contributed by atoms with Crippen LogP contribution in [-0.2, 0) is 9.47 Å². The number of rotatable bonds is 2. The van der Waals surface area contributed by atoms with Crippen molar-refractivity contribution < 1.29 is 18.3 Å². The van der Waals surface area contributed by atoms with E-state index in [4.69, 9.17) is 9.47 Å². The van der Waals surface area contributed by atoms with Crippen LogP contribution < -0.4 is 0 Å². The summed E-state index contributed by atoms with van der Waals surface area (Å²) < 4.78 is 37.3.